The van der Waals surface area contributed by atoms with E-state index >= 15 is 0 Å². The van der Waals surface area contributed by atoms with Crippen LogP contribution in [0.3, 0.4) is 0 Å². The van der Waals surface area contributed by atoms with E-state index in [0.29, 0.717) is 21.3 Å². The van der Waals surface area contributed by atoms with Crippen LogP contribution in [-0.4, -0.2) is 18.1 Å². The lowest BCUT2D eigenvalue weighted by atomic mass is 10.0. The first-order valence-electron chi connectivity index (χ1n) is 10.2. The smallest absolute Gasteiger partial charge is 0.343 e. The minimum Gasteiger partial charge on any atom is -0.421 e. The third kappa shape index (κ3) is 5.81. The summed E-state index contributed by atoms with van der Waals surface area (Å²) in [6.07, 6.45) is 1.61. The van der Waals surface area contributed by atoms with E-state index in [2.05, 4.69) is 58.3 Å². The van der Waals surface area contributed by atoms with E-state index in [9.17, 15) is 9.59 Å². The summed E-state index contributed by atoms with van der Waals surface area (Å²) in [4.78, 5) is 25.1. The monoisotopic (exact) mass is 642 g/mol. The molecular weight excluding hydrogens is 628 g/mol. The van der Waals surface area contributed by atoms with Gasteiger partial charge in [-0.3, -0.25) is 4.79 Å². The van der Waals surface area contributed by atoms with Crippen LogP contribution in [0.4, 0.5) is 0 Å². The highest BCUT2D eigenvalue weighted by molar-refractivity contribution is 9.11. The van der Waals surface area contributed by atoms with Crippen molar-refractivity contribution in [2.24, 2.45) is 5.10 Å². The van der Waals surface area contributed by atoms with Crippen molar-refractivity contribution in [3.63, 3.8) is 0 Å². The molecule has 4 aromatic carbocycles. The predicted molar refractivity (Wildman–Crippen MR) is 144 cm³/mol. The molecule has 0 aliphatic rings. The topological polar surface area (TPSA) is 67.8 Å². The van der Waals surface area contributed by atoms with Crippen LogP contribution >= 0.6 is 47.8 Å². The number of benzene rings is 4. The van der Waals surface area contributed by atoms with E-state index in [1.165, 1.54) is 6.21 Å². The molecule has 170 valence electrons. The van der Waals surface area contributed by atoms with Crippen LogP contribution in [0.15, 0.2) is 97.4 Å². The Labute approximate surface area is 221 Å². The lowest BCUT2D eigenvalue weighted by molar-refractivity contribution is -0.120. The van der Waals surface area contributed by atoms with Crippen LogP contribution in [0, 0.1) is 0 Å². The number of amides is 1. The van der Waals surface area contributed by atoms with E-state index in [4.69, 9.17) is 4.74 Å². The number of hydrogen-bond acceptors (Lipinski definition) is 4. The molecule has 0 fully saturated rings. The van der Waals surface area contributed by atoms with Gasteiger partial charge in [-0.15, -0.1) is 0 Å². The van der Waals surface area contributed by atoms with Gasteiger partial charge < -0.3 is 4.74 Å². The molecule has 4 rings (SSSR count). The fourth-order valence-electron chi connectivity index (χ4n) is 3.37. The number of carbonyl (C=O) groups excluding carboxylic acids is 2. The number of carbonyl (C=O) groups is 2. The number of ether oxygens (including phenoxy) is 1. The van der Waals surface area contributed by atoms with Crippen molar-refractivity contribution in [2.45, 2.75) is 6.42 Å². The number of esters is 1. The molecule has 0 saturated carbocycles. The van der Waals surface area contributed by atoms with Crippen LogP contribution in [0.1, 0.15) is 21.5 Å². The lowest BCUT2D eigenvalue weighted by Crippen LogP contribution is -2.20. The van der Waals surface area contributed by atoms with Gasteiger partial charge in [-0.2, -0.15) is 5.10 Å². The first-order valence-corrected chi connectivity index (χ1v) is 12.5. The van der Waals surface area contributed by atoms with Gasteiger partial charge in [0.2, 0.25) is 5.91 Å². The number of nitrogens with one attached hydrogen (secondary N) is 1. The fourth-order valence-corrected chi connectivity index (χ4v) is 5.19. The zero-order valence-electron chi connectivity index (χ0n) is 17.6. The second kappa shape index (κ2) is 11.1. The minimum absolute atomic E-state index is 0.170. The molecule has 0 aliphatic heterocycles. The van der Waals surface area contributed by atoms with Gasteiger partial charge in [-0.25, -0.2) is 10.2 Å². The van der Waals surface area contributed by atoms with Crippen molar-refractivity contribution in [3.05, 3.63) is 109 Å². The van der Waals surface area contributed by atoms with Gasteiger partial charge in [0.05, 0.1) is 22.7 Å². The molecule has 8 heteroatoms. The van der Waals surface area contributed by atoms with Crippen LogP contribution < -0.4 is 10.2 Å². The first-order chi connectivity index (χ1) is 16.4. The summed E-state index contributed by atoms with van der Waals surface area (Å²) < 4.78 is 7.92. The Morgan fingerprint density at radius 2 is 1.56 bits per heavy atom. The number of halogens is 3. The third-order valence-electron chi connectivity index (χ3n) is 4.95. The predicted octanol–water partition coefficient (Wildman–Crippen LogP) is 7.04. The van der Waals surface area contributed by atoms with Crippen LogP contribution in [-0.2, 0) is 11.2 Å². The summed E-state index contributed by atoms with van der Waals surface area (Å²) in [6, 6.07) is 24.0. The quantitative estimate of drug-likeness (QED) is 0.106. The molecule has 0 aliphatic carbocycles. The number of rotatable bonds is 6. The molecule has 0 atom stereocenters. The summed E-state index contributed by atoms with van der Waals surface area (Å²) in [7, 11) is 0. The average molecular weight is 645 g/mol. The molecule has 0 unspecified atom stereocenters. The Balaban J connectivity index is 1.50. The van der Waals surface area contributed by atoms with E-state index < -0.39 is 5.97 Å². The normalized spacial score (nSPS) is 11.0. The average Bonchev–Trinajstić information content (AvgIpc) is 2.83. The number of fused-ring (bicyclic) bond motifs is 1. The third-order valence-corrected chi connectivity index (χ3v) is 6.68. The highest BCUT2D eigenvalue weighted by atomic mass is 79.9. The maximum Gasteiger partial charge on any atom is 0.343 e. The standard InChI is InChI=1S/C26H17Br3N2O3/c27-19-12-18(25(23(29)14-19)34-26(33)16-6-2-1-3-7-16)15-30-31-24(32)13-17-10-11-22(28)21-9-5-4-8-20(17)21/h1-12,14-15H,13H2,(H,31,32). The summed E-state index contributed by atoms with van der Waals surface area (Å²) >= 11 is 10.4. The molecule has 0 bridgehead atoms. The molecule has 1 amide bonds. The summed E-state index contributed by atoms with van der Waals surface area (Å²) in [5.41, 5.74) is 4.40. The largest absolute Gasteiger partial charge is 0.421 e. The molecule has 1 N–H and O–H groups in total. The highest BCUT2D eigenvalue weighted by Crippen LogP contribution is 2.33. The van der Waals surface area contributed by atoms with E-state index in [0.717, 1.165) is 25.3 Å². The summed E-state index contributed by atoms with van der Waals surface area (Å²) in [5, 5.41) is 6.14. The number of hydrogen-bond donors (Lipinski definition) is 1. The summed E-state index contributed by atoms with van der Waals surface area (Å²) in [6.45, 7) is 0. The SMILES string of the molecule is O=C(Cc1ccc(Br)c2ccccc12)NN=Cc1cc(Br)cc(Br)c1OC(=O)c1ccccc1. The van der Waals surface area contributed by atoms with Crippen molar-refractivity contribution >= 4 is 76.7 Å². The molecule has 34 heavy (non-hydrogen) atoms. The maximum atomic E-state index is 12.6. The number of nitrogens with zero attached hydrogens (tertiary/aromatic N) is 1. The van der Waals surface area contributed by atoms with Crippen molar-refractivity contribution in [2.75, 3.05) is 0 Å². The van der Waals surface area contributed by atoms with Gasteiger partial charge in [0.25, 0.3) is 0 Å². The zero-order chi connectivity index (χ0) is 24.1. The lowest BCUT2D eigenvalue weighted by Gasteiger charge is -2.11. The Bertz CT molecular complexity index is 1410. The van der Waals surface area contributed by atoms with Gasteiger partial charge in [0, 0.05) is 14.5 Å². The van der Waals surface area contributed by atoms with Gasteiger partial charge in [-0.05, 0) is 62.6 Å². The molecule has 0 radical (unpaired) electrons. The van der Waals surface area contributed by atoms with Crippen LogP contribution in [0.2, 0.25) is 0 Å². The summed E-state index contributed by atoms with van der Waals surface area (Å²) in [5.74, 6) is -0.459. The van der Waals surface area contributed by atoms with Gasteiger partial charge >= 0.3 is 5.97 Å². The van der Waals surface area contributed by atoms with Crippen molar-refractivity contribution in [1.82, 2.24) is 5.43 Å². The molecule has 0 saturated heterocycles. The van der Waals surface area contributed by atoms with E-state index in [1.807, 2.05) is 42.5 Å². The maximum absolute atomic E-state index is 12.6. The molecule has 5 nitrogen and oxygen atoms in total. The fraction of sp³-hybridized carbons (Fsp3) is 0.0385. The highest BCUT2D eigenvalue weighted by Gasteiger charge is 2.15. The Hall–Kier alpha value is -2.81. The second-order valence-corrected chi connectivity index (χ2v) is 9.91. The Morgan fingerprint density at radius 1 is 0.853 bits per heavy atom. The van der Waals surface area contributed by atoms with Gasteiger partial charge in [0.1, 0.15) is 0 Å². The molecule has 0 spiro atoms. The van der Waals surface area contributed by atoms with Crippen LogP contribution in [0.25, 0.3) is 10.8 Å². The van der Waals surface area contributed by atoms with Gasteiger partial charge in [-0.1, -0.05) is 80.4 Å². The second-order valence-electron chi connectivity index (χ2n) is 7.28. The van der Waals surface area contributed by atoms with Crippen molar-refractivity contribution in [3.8, 4) is 5.75 Å². The molecule has 0 aromatic heterocycles. The van der Waals surface area contributed by atoms with E-state index in [1.54, 1.807) is 36.4 Å². The Kier molecular flexibility index (Phi) is 7.92. The zero-order valence-corrected chi connectivity index (χ0v) is 22.4. The minimum atomic E-state index is -0.496. The van der Waals surface area contributed by atoms with Crippen LogP contribution in [0.5, 0.6) is 5.75 Å². The first kappa shape index (κ1) is 24.3. The van der Waals surface area contributed by atoms with Gasteiger partial charge in [0.15, 0.2) is 5.75 Å². The van der Waals surface area contributed by atoms with Crippen molar-refractivity contribution < 1.29 is 14.3 Å². The van der Waals surface area contributed by atoms with E-state index in [-0.39, 0.29) is 12.3 Å². The molecular formula is C26H17Br3N2O3. The Morgan fingerprint density at radius 3 is 2.32 bits per heavy atom. The van der Waals surface area contributed by atoms with Crippen molar-refractivity contribution in [1.29, 1.82) is 0 Å². The number of hydrazone groups is 1. The molecule has 0 heterocycles. The molecule has 4 aromatic rings.